The topological polar surface area (TPSA) is 57.5 Å². The van der Waals surface area contributed by atoms with Gasteiger partial charge in [0.15, 0.2) is 0 Å². The van der Waals surface area contributed by atoms with Crippen molar-refractivity contribution in [3.05, 3.63) is 0 Å². The molecule has 0 amide bonds. The number of hydrogen-bond donors (Lipinski definition) is 2. The summed E-state index contributed by atoms with van der Waals surface area (Å²) in [6, 6.07) is 0. The molecule has 0 aliphatic rings. The van der Waals surface area contributed by atoms with Crippen LogP contribution in [-0.4, -0.2) is 84.7 Å². The predicted octanol–water partition coefficient (Wildman–Crippen LogP) is -2.85. The molecule has 2 N–H and O–H groups in total. The molecule has 36 valence electrons. The van der Waals surface area contributed by atoms with Crippen LogP contribution in [0.3, 0.4) is 0 Å². The molecule has 0 saturated carbocycles. The van der Waals surface area contributed by atoms with Crippen LogP contribution in [0.2, 0.25) is 0 Å². The molecule has 0 aromatic rings. The van der Waals surface area contributed by atoms with Crippen LogP contribution < -0.4 is 0 Å². The third-order valence-electron chi connectivity index (χ3n) is 0. The van der Waals surface area contributed by atoms with Crippen molar-refractivity contribution in [1.82, 2.24) is 0 Å². The fraction of sp³-hybridized carbons (Fsp3) is 0. The van der Waals surface area contributed by atoms with Crippen LogP contribution in [0.15, 0.2) is 0 Å². The fourth-order valence-corrected chi connectivity index (χ4v) is 0. The van der Waals surface area contributed by atoms with E-state index in [1.165, 1.54) is 0 Å². The molecular weight excluding hydrogens is 396 g/mol. The zero-order valence-electron chi connectivity index (χ0n) is 1.80. The second-order valence-corrected chi connectivity index (χ2v) is 0. The van der Waals surface area contributed by atoms with Gasteiger partial charge in [-0.2, -0.15) is 0 Å². The van der Waals surface area contributed by atoms with Gasteiger partial charge in [-0.3, -0.25) is 10.5 Å². The molecule has 0 heterocycles. The van der Waals surface area contributed by atoms with Gasteiger partial charge >= 0.3 is 77.3 Å². The van der Waals surface area contributed by atoms with E-state index in [2.05, 4.69) is 0 Å². The van der Waals surface area contributed by atoms with Crippen molar-refractivity contribution in [3.63, 3.8) is 0 Å². The minimum atomic E-state index is 0. The van der Waals surface area contributed by atoms with Gasteiger partial charge in [-0.25, -0.2) is 0 Å². The molecule has 6 heavy (non-hydrogen) atoms. The summed E-state index contributed by atoms with van der Waals surface area (Å²) in [6.07, 6.45) is 0. The Morgan fingerprint density at radius 1 is 1.00 bits per heavy atom. The first-order valence-electron chi connectivity index (χ1n) is 0.404. The maximum absolute atomic E-state index is 8.34. The SMILES string of the molecule is OO.[InH3].[InH3].[O]=[Sn]. The Kier molecular flexibility index (Phi) is 223. The minimum absolute atomic E-state index is 0. The zero-order chi connectivity index (χ0) is 4.00. The van der Waals surface area contributed by atoms with E-state index in [9.17, 15) is 0 Å². The Morgan fingerprint density at radius 3 is 1.00 bits per heavy atom. The zero-order valence-corrected chi connectivity index (χ0v) is 4.66. The normalized spacial score (nSPS) is 1.67. The molecule has 0 spiro atoms. The Morgan fingerprint density at radius 2 is 1.00 bits per heavy atom. The quantitative estimate of drug-likeness (QED) is 0.260. The van der Waals surface area contributed by atoms with E-state index in [1.807, 2.05) is 0 Å². The monoisotopic (exact) mass is 406 g/mol. The van der Waals surface area contributed by atoms with Crippen molar-refractivity contribution < 1.29 is 13.6 Å². The van der Waals surface area contributed by atoms with Crippen LogP contribution in [0.25, 0.3) is 0 Å². The molecule has 0 saturated heterocycles. The van der Waals surface area contributed by atoms with Gasteiger partial charge in [0.05, 0.1) is 0 Å². The third-order valence-corrected chi connectivity index (χ3v) is 0. The average molecular weight is 404 g/mol. The van der Waals surface area contributed by atoms with Gasteiger partial charge in [-0.15, -0.1) is 0 Å². The van der Waals surface area contributed by atoms with E-state index in [-0.39, 0.29) is 51.7 Å². The van der Waals surface area contributed by atoms with Gasteiger partial charge in [0.1, 0.15) is 0 Å². The predicted molar refractivity (Wildman–Crippen MR) is 31.6 cm³/mol. The Balaban J connectivity index is -0.00000000500. The maximum atomic E-state index is 8.34. The molecule has 0 fully saturated rings. The van der Waals surface area contributed by atoms with E-state index < -0.39 is 0 Å². The van der Waals surface area contributed by atoms with Gasteiger partial charge in [-0.1, -0.05) is 0 Å². The van der Waals surface area contributed by atoms with Crippen molar-refractivity contribution >= 4 is 74.2 Å². The first-order chi connectivity index (χ1) is 2.00. The van der Waals surface area contributed by atoms with E-state index in [1.54, 1.807) is 0 Å². The van der Waals surface area contributed by atoms with E-state index >= 15 is 0 Å². The van der Waals surface area contributed by atoms with E-state index in [4.69, 9.17) is 13.6 Å². The van der Waals surface area contributed by atoms with Crippen molar-refractivity contribution in [2.45, 2.75) is 0 Å². The van der Waals surface area contributed by atoms with Crippen molar-refractivity contribution in [1.29, 1.82) is 0 Å². The molecule has 2 radical (unpaired) electrons. The molecule has 0 aliphatic carbocycles. The second-order valence-electron chi connectivity index (χ2n) is 0. The summed E-state index contributed by atoms with van der Waals surface area (Å²) < 4.78 is 8.34. The fourth-order valence-electron chi connectivity index (χ4n) is 0. The Hall–Kier alpha value is 2.26. The van der Waals surface area contributed by atoms with Crippen molar-refractivity contribution in [2.75, 3.05) is 0 Å². The van der Waals surface area contributed by atoms with Gasteiger partial charge in [-0.05, 0) is 0 Å². The average Bonchev–Trinajstić information content (AvgIpc) is 1.50. The molecular formula is H8In2O3Sn. The van der Waals surface area contributed by atoms with Gasteiger partial charge in [0, 0.05) is 0 Å². The van der Waals surface area contributed by atoms with E-state index in [0.717, 1.165) is 0 Å². The van der Waals surface area contributed by atoms with Crippen molar-refractivity contribution in [3.8, 4) is 0 Å². The summed E-state index contributed by atoms with van der Waals surface area (Å²) in [6.45, 7) is 0. The second kappa shape index (κ2) is 55.7. The molecule has 0 bridgehead atoms. The molecule has 0 aliphatic heterocycles. The standard InChI is InChI=1S/2In.H2O2.O.Sn.6H/c;;1-2;;;;;;;;/h;;1-2H;;;;;;;;. The molecule has 0 atom stereocenters. The van der Waals surface area contributed by atoms with Gasteiger partial charge < -0.3 is 0 Å². The molecule has 0 unspecified atom stereocenters. The van der Waals surface area contributed by atoms with Crippen LogP contribution >= 0.6 is 0 Å². The van der Waals surface area contributed by atoms with Crippen LogP contribution in [-0.2, 0) is 3.08 Å². The molecule has 0 rings (SSSR count). The van der Waals surface area contributed by atoms with Crippen LogP contribution in [0, 0.1) is 0 Å². The Bertz CT molecular complexity index is 8.75. The first kappa shape index (κ1) is 24.0. The van der Waals surface area contributed by atoms with Crippen LogP contribution in [0.4, 0.5) is 0 Å². The summed E-state index contributed by atoms with van der Waals surface area (Å²) in [4.78, 5) is 0. The van der Waals surface area contributed by atoms with Crippen molar-refractivity contribution in [2.24, 2.45) is 0 Å². The summed E-state index contributed by atoms with van der Waals surface area (Å²) in [7, 11) is 0. The third kappa shape index (κ3) is 33.9. The summed E-state index contributed by atoms with van der Waals surface area (Å²) >= 11 is 0.300. The van der Waals surface area contributed by atoms with E-state index in [0.29, 0.717) is 22.5 Å². The summed E-state index contributed by atoms with van der Waals surface area (Å²) in [5, 5.41) is 12.0. The molecule has 0 aromatic heterocycles. The van der Waals surface area contributed by atoms with Gasteiger partial charge in [0.2, 0.25) is 0 Å². The van der Waals surface area contributed by atoms with Crippen LogP contribution in [0.5, 0.6) is 0 Å². The first-order valence-corrected chi connectivity index (χ1v) is 1.57. The summed E-state index contributed by atoms with van der Waals surface area (Å²) in [5.41, 5.74) is 0. The van der Waals surface area contributed by atoms with Gasteiger partial charge in [0.25, 0.3) is 0 Å². The Labute approximate surface area is 86.5 Å². The molecule has 6 heteroatoms. The summed E-state index contributed by atoms with van der Waals surface area (Å²) in [5.74, 6) is 0. The van der Waals surface area contributed by atoms with Crippen LogP contribution in [0.1, 0.15) is 0 Å². The number of rotatable bonds is 0. The molecule has 0 aromatic carbocycles. The molecule has 3 nitrogen and oxygen atoms in total. The number of hydrogen-bond acceptors (Lipinski definition) is 3.